The van der Waals surface area contributed by atoms with Crippen LogP contribution < -0.4 is 0 Å². The van der Waals surface area contributed by atoms with Crippen molar-refractivity contribution in [2.24, 2.45) is 0 Å². The molecule has 0 bridgehead atoms. The normalized spacial score (nSPS) is 12.1. The van der Waals surface area contributed by atoms with Crippen LogP contribution >= 0.6 is 0 Å². The van der Waals surface area contributed by atoms with Gasteiger partial charge in [-0.05, 0) is 95.8 Å². The summed E-state index contributed by atoms with van der Waals surface area (Å²) in [4.78, 5) is 53.5. The summed E-state index contributed by atoms with van der Waals surface area (Å²) in [6.45, 7) is 30.8. The molecule has 0 atom stereocenters. The molecule has 4 heterocycles. The van der Waals surface area contributed by atoms with Crippen LogP contribution in [0.15, 0.2) is 370 Å². The van der Waals surface area contributed by atoms with E-state index in [1.165, 1.54) is 66.8 Å². The van der Waals surface area contributed by atoms with Crippen molar-refractivity contribution in [1.82, 2.24) is 54.8 Å². The molecular formula is C114H103N11. The smallest absolute Gasteiger partial charge is 0.164 e. The van der Waals surface area contributed by atoms with Crippen LogP contribution in [0, 0.1) is 0 Å². The van der Waals surface area contributed by atoms with Gasteiger partial charge in [0.1, 0.15) is 11.6 Å². The van der Waals surface area contributed by atoms with E-state index < -0.39 is 0 Å². The zero-order chi connectivity index (χ0) is 87.0. The number of aromatic nitrogens is 11. The third-order valence-electron chi connectivity index (χ3n) is 22.6. The first-order chi connectivity index (χ1) is 60.2. The van der Waals surface area contributed by atoms with Crippen LogP contribution in [-0.4, -0.2) is 54.8 Å². The first kappa shape index (κ1) is 84.1. The van der Waals surface area contributed by atoms with E-state index in [2.05, 4.69) is 346 Å². The Morgan fingerprint density at radius 3 is 0.872 bits per heavy atom. The summed E-state index contributed by atoms with van der Waals surface area (Å²) in [5, 5.41) is 1.09. The Morgan fingerprint density at radius 2 is 0.464 bits per heavy atom. The number of fused-ring (bicyclic) bond motifs is 4. The van der Waals surface area contributed by atoms with Gasteiger partial charge in [0.05, 0.1) is 11.2 Å². The van der Waals surface area contributed by atoms with Gasteiger partial charge in [0, 0.05) is 71.7 Å². The van der Waals surface area contributed by atoms with Gasteiger partial charge in [-0.3, -0.25) is 0 Å². The lowest BCUT2D eigenvalue weighted by molar-refractivity contribution is 0.543. The zero-order valence-corrected chi connectivity index (χ0v) is 73.6. The second kappa shape index (κ2) is 35.9. The minimum atomic E-state index is -0.173. The molecule has 0 N–H and O–H groups in total. The van der Waals surface area contributed by atoms with Crippen LogP contribution in [0.2, 0.25) is 0 Å². The van der Waals surface area contributed by atoms with E-state index in [-0.39, 0.29) is 27.1 Å². The van der Waals surface area contributed by atoms with Crippen LogP contribution in [0.4, 0.5) is 0 Å². The van der Waals surface area contributed by atoms with Gasteiger partial charge in [0.25, 0.3) is 0 Å². The van der Waals surface area contributed by atoms with Gasteiger partial charge < -0.3 is 0 Å². The second-order valence-electron chi connectivity index (χ2n) is 36.3. The molecule has 0 radical (unpaired) electrons. The molecule has 19 rings (SSSR count). The minimum absolute atomic E-state index is 0.0431. The largest absolute Gasteiger partial charge is 0.232 e. The number of rotatable bonds is 12. The molecule has 18 aromatic rings. The van der Waals surface area contributed by atoms with Crippen LogP contribution in [0.25, 0.3) is 158 Å². The maximum atomic E-state index is 4.93. The molecule has 125 heavy (non-hydrogen) atoms. The van der Waals surface area contributed by atoms with E-state index in [0.717, 1.165) is 90.0 Å². The number of nitrogens with zero attached hydrogens (tertiary/aromatic N) is 11. The number of benzene rings is 14. The molecule has 614 valence electrons. The Morgan fingerprint density at radius 1 is 0.184 bits per heavy atom. The fourth-order valence-electron chi connectivity index (χ4n) is 15.3. The maximum Gasteiger partial charge on any atom is 0.164 e. The summed E-state index contributed by atoms with van der Waals surface area (Å²) in [7, 11) is 0. The molecule has 4 aromatic heterocycles. The van der Waals surface area contributed by atoms with Crippen molar-refractivity contribution in [1.29, 1.82) is 0 Å². The molecule has 0 spiro atoms. The van der Waals surface area contributed by atoms with Gasteiger partial charge in [0.15, 0.2) is 46.6 Å². The van der Waals surface area contributed by atoms with Crippen LogP contribution in [-0.2, 0) is 27.1 Å². The fraction of sp³-hybridized carbons (Fsp3) is 0.167. The minimum Gasteiger partial charge on any atom is -0.232 e. The van der Waals surface area contributed by atoms with E-state index in [9.17, 15) is 0 Å². The van der Waals surface area contributed by atoms with E-state index >= 15 is 0 Å². The number of hydrogen-bond acceptors (Lipinski definition) is 11. The molecule has 1 aliphatic carbocycles. The van der Waals surface area contributed by atoms with Gasteiger partial charge in [-0.25, -0.2) is 54.8 Å². The Kier molecular flexibility index (Phi) is 24.1. The molecule has 11 heteroatoms. The van der Waals surface area contributed by atoms with E-state index in [1.807, 2.05) is 121 Å². The monoisotopic (exact) mass is 1630 g/mol. The highest BCUT2D eigenvalue weighted by atomic mass is 15.1. The molecule has 0 aliphatic heterocycles. The number of para-hydroxylation sites is 1. The third kappa shape index (κ3) is 19.5. The molecule has 0 saturated heterocycles. The average molecular weight is 1630 g/mol. The molecule has 11 nitrogen and oxygen atoms in total. The molecule has 0 fully saturated rings. The Hall–Kier alpha value is -14.6. The summed E-state index contributed by atoms with van der Waals surface area (Å²) in [5.41, 5.74) is 25.8. The lowest BCUT2D eigenvalue weighted by atomic mass is 9.82. The van der Waals surface area contributed by atoms with Crippen LogP contribution in [0.3, 0.4) is 0 Å². The molecular weight excluding hydrogens is 1520 g/mol. The number of hydrogen-bond donors (Lipinski definition) is 0. The van der Waals surface area contributed by atoms with Gasteiger partial charge >= 0.3 is 0 Å². The van der Waals surface area contributed by atoms with Crippen LogP contribution in [0.1, 0.15) is 131 Å². The maximum absolute atomic E-state index is 4.93. The summed E-state index contributed by atoms with van der Waals surface area (Å²) in [6.07, 6.45) is 0. The average Bonchev–Trinajstić information content (AvgIpc) is 1.58. The highest BCUT2D eigenvalue weighted by Gasteiger charge is 2.36. The van der Waals surface area contributed by atoms with Crippen molar-refractivity contribution in [2.75, 3.05) is 0 Å². The predicted molar refractivity (Wildman–Crippen MR) is 517 cm³/mol. The van der Waals surface area contributed by atoms with Gasteiger partial charge in [-0.15, -0.1) is 0 Å². The second-order valence-corrected chi connectivity index (χ2v) is 36.3. The van der Waals surface area contributed by atoms with Crippen molar-refractivity contribution in [2.45, 2.75) is 124 Å². The van der Waals surface area contributed by atoms with Crippen molar-refractivity contribution in [3.63, 3.8) is 0 Å². The molecule has 0 unspecified atom stereocenters. The molecule has 0 saturated carbocycles. The third-order valence-corrected chi connectivity index (χ3v) is 22.6. The summed E-state index contributed by atoms with van der Waals surface area (Å²) >= 11 is 0. The topological polar surface area (TPSA) is 142 Å². The highest BCUT2D eigenvalue weighted by Crippen LogP contribution is 2.50. The summed E-state index contributed by atoms with van der Waals surface area (Å²) in [6, 6.07) is 128. The molecule has 1 aliphatic rings. The van der Waals surface area contributed by atoms with Gasteiger partial charge in [-0.2, -0.15) is 0 Å². The van der Waals surface area contributed by atoms with E-state index in [1.54, 1.807) is 0 Å². The van der Waals surface area contributed by atoms with Crippen molar-refractivity contribution >= 4 is 10.9 Å². The lowest BCUT2D eigenvalue weighted by Gasteiger charge is -2.22. The van der Waals surface area contributed by atoms with Crippen molar-refractivity contribution in [3.8, 4) is 147 Å². The molecule has 14 aromatic carbocycles. The van der Waals surface area contributed by atoms with E-state index in [0.29, 0.717) is 34.9 Å². The Bertz CT molecular complexity index is 6760. The fourth-order valence-corrected chi connectivity index (χ4v) is 15.3. The summed E-state index contributed by atoms with van der Waals surface area (Å²) < 4.78 is 0. The predicted octanol–water partition coefficient (Wildman–Crippen LogP) is 28.7. The molecule has 0 amide bonds. The lowest BCUT2D eigenvalue weighted by Crippen LogP contribution is -2.18. The van der Waals surface area contributed by atoms with Crippen molar-refractivity contribution < 1.29 is 0 Å². The van der Waals surface area contributed by atoms with Gasteiger partial charge in [-0.1, -0.05) is 449 Å². The Labute approximate surface area is 735 Å². The van der Waals surface area contributed by atoms with Crippen molar-refractivity contribution in [3.05, 3.63) is 404 Å². The first-order valence-corrected chi connectivity index (χ1v) is 42.9. The Balaban J connectivity index is 0.000000124. The first-order valence-electron chi connectivity index (χ1n) is 42.9. The standard InChI is InChI=1S/2C31H27N3.C28H27N3.C24H22N2/c1-31(2,3)27-16-10-15-26(21-27)30-33-28(24-13-8-5-9-14-24)32-29(34-30)25-19-17-23(18-20-25)22-11-6-4-7-12-22;1-31(2,3)27-20-18-26(19-21-27)30-33-28(24-12-8-5-9-13-24)32-29(34-30)25-16-14-23(15-17-25)22-10-6-4-7-11-22;1-27(2,3)26-30-24(18-11-7-6-8-12-18)29-25(31-26)19-15-16-21-20-13-9-10-14-22(20)28(4,5)23(21)17-19;1-24(2,3)23-25-21-12-8-7-11-20(21)22(26-23)19-15-13-18(14-16-19)17-9-5-4-6-10-17/h2*4-21H,1-3H3;6-17H,1-5H3;4-16H,1-3H3. The van der Waals surface area contributed by atoms with Crippen LogP contribution in [0.5, 0.6) is 0 Å². The quantitative estimate of drug-likeness (QED) is 0.115. The summed E-state index contributed by atoms with van der Waals surface area (Å²) in [5.74, 6) is 7.18. The SMILES string of the molecule is CC(C)(C)c1ccc(-c2nc(-c3ccccc3)nc(-c3ccc(-c4ccccc4)cc3)n2)cc1.CC(C)(C)c1cccc(-c2nc(-c3ccccc3)nc(-c3ccc(-c4ccccc4)cc3)n2)c1.CC(C)(C)c1nc(-c2ccc(-c3ccccc3)cc2)c2ccccc2n1.CC(C)(C)c1nc(-c2ccccc2)nc(-c2ccc3c(c2)C(C)(C)c2ccccc2-3)n1. The van der Waals surface area contributed by atoms with E-state index in [4.69, 9.17) is 54.8 Å². The highest BCUT2D eigenvalue weighted by molar-refractivity contribution is 5.93. The zero-order valence-electron chi connectivity index (χ0n) is 73.6. The van der Waals surface area contributed by atoms with Gasteiger partial charge in [0.2, 0.25) is 0 Å².